The van der Waals surface area contributed by atoms with Crippen LogP contribution in [0.1, 0.15) is 18.1 Å². The van der Waals surface area contributed by atoms with Gasteiger partial charge in [-0.25, -0.2) is 4.79 Å². The molecule has 7 nitrogen and oxygen atoms in total. The second-order valence-electron chi connectivity index (χ2n) is 6.55. The number of imide groups is 1. The molecular weight excluding hydrogens is 382 g/mol. The van der Waals surface area contributed by atoms with Crippen LogP contribution in [0.25, 0.3) is 0 Å². The van der Waals surface area contributed by atoms with Crippen LogP contribution >= 0.6 is 11.6 Å². The number of rotatable bonds is 6. The third kappa shape index (κ3) is 3.80. The normalized spacial score (nSPS) is 18.8. The van der Waals surface area contributed by atoms with Gasteiger partial charge in [0.2, 0.25) is 5.91 Å². The summed E-state index contributed by atoms with van der Waals surface area (Å²) in [7, 11) is 1.57. The topological polar surface area (TPSA) is 87.7 Å². The van der Waals surface area contributed by atoms with Gasteiger partial charge in [-0.2, -0.15) is 0 Å². The van der Waals surface area contributed by atoms with Crippen LogP contribution in [0.5, 0.6) is 5.75 Å². The van der Waals surface area contributed by atoms with Crippen molar-refractivity contribution < 1.29 is 19.1 Å². The summed E-state index contributed by atoms with van der Waals surface area (Å²) in [5.41, 5.74) is 0.0366. The van der Waals surface area contributed by atoms with Gasteiger partial charge in [-0.05, 0) is 30.7 Å². The molecule has 2 aromatic rings. The van der Waals surface area contributed by atoms with Gasteiger partial charge in [0.15, 0.2) is 0 Å². The van der Waals surface area contributed by atoms with E-state index < -0.39 is 23.4 Å². The van der Waals surface area contributed by atoms with Crippen molar-refractivity contribution in [2.24, 2.45) is 0 Å². The minimum atomic E-state index is -1.31. The summed E-state index contributed by atoms with van der Waals surface area (Å²) in [5, 5.41) is 5.71. The van der Waals surface area contributed by atoms with E-state index in [1.54, 1.807) is 50.4 Å². The van der Waals surface area contributed by atoms with E-state index in [9.17, 15) is 14.4 Å². The van der Waals surface area contributed by atoms with Crippen molar-refractivity contribution in [3.8, 4) is 5.75 Å². The maximum Gasteiger partial charge on any atom is 0.325 e. The Balaban J connectivity index is 1.65. The van der Waals surface area contributed by atoms with E-state index >= 15 is 0 Å². The lowest BCUT2D eigenvalue weighted by Gasteiger charge is -2.23. The zero-order valence-corrected chi connectivity index (χ0v) is 16.2. The highest BCUT2D eigenvalue weighted by molar-refractivity contribution is 6.32. The molecule has 4 amide bonds. The number of amides is 4. The summed E-state index contributed by atoms with van der Waals surface area (Å²) in [6, 6.07) is 13.4. The van der Waals surface area contributed by atoms with Crippen LogP contribution in [0, 0.1) is 0 Å². The molecule has 1 aliphatic rings. The molecule has 2 N–H and O–H groups in total. The predicted octanol–water partition coefficient (Wildman–Crippen LogP) is 2.43. The van der Waals surface area contributed by atoms with Gasteiger partial charge in [-0.1, -0.05) is 41.9 Å². The lowest BCUT2D eigenvalue weighted by molar-refractivity contribution is -0.134. The van der Waals surface area contributed by atoms with E-state index in [0.717, 1.165) is 10.5 Å². The molecule has 0 radical (unpaired) electrons. The third-order valence-electron chi connectivity index (χ3n) is 4.64. The minimum absolute atomic E-state index is 0.272. The van der Waals surface area contributed by atoms with Crippen LogP contribution in [-0.4, -0.2) is 36.4 Å². The van der Waals surface area contributed by atoms with Gasteiger partial charge in [-0.15, -0.1) is 0 Å². The van der Waals surface area contributed by atoms with E-state index in [4.69, 9.17) is 16.3 Å². The standard InChI is InChI=1S/C20H20ClN3O4/c1-20(15-5-3-4-6-16(15)21)18(26)24(19(27)23-20)12-17(25)22-11-13-7-9-14(28-2)10-8-13/h3-10H,11-12H2,1-2H3,(H,22,25)(H,23,27). The summed E-state index contributed by atoms with van der Waals surface area (Å²) in [4.78, 5) is 38.3. The molecule has 1 atom stereocenters. The first kappa shape index (κ1) is 19.7. The summed E-state index contributed by atoms with van der Waals surface area (Å²) in [6.07, 6.45) is 0. The molecule has 0 spiro atoms. The Morgan fingerprint density at radius 1 is 1.18 bits per heavy atom. The van der Waals surface area contributed by atoms with Gasteiger partial charge in [-0.3, -0.25) is 14.5 Å². The average Bonchev–Trinajstić information content (AvgIpc) is 2.91. The maximum absolute atomic E-state index is 12.9. The Labute approximate surface area is 167 Å². The van der Waals surface area contributed by atoms with Crippen LogP contribution in [0.15, 0.2) is 48.5 Å². The number of ether oxygens (including phenoxy) is 1. The Bertz CT molecular complexity index is 916. The number of hydrogen-bond acceptors (Lipinski definition) is 4. The number of halogens is 1. The smallest absolute Gasteiger partial charge is 0.325 e. The fourth-order valence-corrected chi connectivity index (χ4v) is 3.36. The van der Waals surface area contributed by atoms with Crippen LogP contribution in [0.4, 0.5) is 4.79 Å². The first-order valence-electron chi connectivity index (χ1n) is 8.64. The van der Waals surface area contributed by atoms with Gasteiger partial charge in [0.25, 0.3) is 5.91 Å². The quantitative estimate of drug-likeness (QED) is 0.728. The molecular formula is C20H20ClN3O4. The number of nitrogens with one attached hydrogen (secondary N) is 2. The van der Waals surface area contributed by atoms with E-state index in [-0.39, 0.29) is 13.1 Å². The molecule has 0 aliphatic carbocycles. The van der Waals surface area contributed by atoms with Gasteiger partial charge in [0.05, 0.1) is 7.11 Å². The highest BCUT2D eigenvalue weighted by Crippen LogP contribution is 2.33. The van der Waals surface area contributed by atoms with Crippen LogP contribution in [-0.2, 0) is 21.7 Å². The Morgan fingerprint density at radius 2 is 1.86 bits per heavy atom. The fourth-order valence-electron chi connectivity index (χ4n) is 3.03. The molecule has 146 valence electrons. The Kier molecular flexibility index (Phi) is 5.56. The Hall–Kier alpha value is -3.06. The molecule has 3 rings (SSSR count). The molecule has 8 heteroatoms. The SMILES string of the molecule is COc1ccc(CNC(=O)CN2C(=O)NC(C)(c3ccccc3Cl)C2=O)cc1. The number of hydrogen-bond donors (Lipinski definition) is 2. The number of methoxy groups -OCH3 is 1. The highest BCUT2D eigenvalue weighted by atomic mass is 35.5. The molecule has 28 heavy (non-hydrogen) atoms. The van der Waals surface area contributed by atoms with E-state index in [2.05, 4.69) is 10.6 Å². The van der Waals surface area contributed by atoms with Crippen LogP contribution < -0.4 is 15.4 Å². The molecule has 0 bridgehead atoms. The third-order valence-corrected chi connectivity index (χ3v) is 4.97. The monoisotopic (exact) mass is 401 g/mol. The first-order valence-corrected chi connectivity index (χ1v) is 9.01. The molecule has 2 aromatic carbocycles. The van der Waals surface area contributed by atoms with Crippen molar-refractivity contribution in [1.29, 1.82) is 0 Å². The van der Waals surface area contributed by atoms with E-state index in [1.807, 2.05) is 12.1 Å². The number of carbonyl (C=O) groups excluding carboxylic acids is 3. The summed E-state index contributed by atoms with van der Waals surface area (Å²) >= 11 is 6.19. The summed E-state index contributed by atoms with van der Waals surface area (Å²) in [6.45, 7) is 1.47. The van der Waals surface area contributed by atoms with Crippen molar-refractivity contribution in [3.05, 3.63) is 64.7 Å². The number of carbonyl (C=O) groups is 3. The zero-order valence-electron chi connectivity index (χ0n) is 15.5. The molecule has 1 unspecified atom stereocenters. The van der Waals surface area contributed by atoms with Crippen LogP contribution in [0.3, 0.4) is 0 Å². The van der Waals surface area contributed by atoms with Gasteiger partial charge in [0.1, 0.15) is 17.8 Å². The van der Waals surface area contributed by atoms with Crippen molar-refractivity contribution >= 4 is 29.4 Å². The largest absolute Gasteiger partial charge is 0.497 e. The second-order valence-corrected chi connectivity index (χ2v) is 6.96. The highest BCUT2D eigenvalue weighted by Gasteiger charge is 2.50. The molecule has 1 saturated heterocycles. The number of urea groups is 1. The van der Waals surface area contributed by atoms with Crippen molar-refractivity contribution in [3.63, 3.8) is 0 Å². The minimum Gasteiger partial charge on any atom is -0.497 e. The van der Waals surface area contributed by atoms with Crippen molar-refractivity contribution in [1.82, 2.24) is 15.5 Å². The molecule has 1 fully saturated rings. The lowest BCUT2D eigenvalue weighted by atomic mass is 9.92. The molecule has 0 saturated carbocycles. The maximum atomic E-state index is 12.9. The second kappa shape index (κ2) is 7.90. The van der Waals surface area contributed by atoms with Gasteiger partial charge in [0, 0.05) is 17.1 Å². The molecule has 1 heterocycles. The zero-order chi connectivity index (χ0) is 20.3. The van der Waals surface area contributed by atoms with Crippen LogP contribution in [0.2, 0.25) is 5.02 Å². The first-order chi connectivity index (χ1) is 13.3. The number of nitrogens with zero attached hydrogens (tertiary/aromatic N) is 1. The number of benzene rings is 2. The summed E-state index contributed by atoms with van der Waals surface area (Å²) in [5.74, 6) is -0.249. The van der Waals surface area contributed by atoms with Crippen molar-refractivity contribution in [2.45, 2.75) is 19.0 Å². The van der Waals surface area contributed by atoms with Gasteiger partial charge < -0.3 is 15.4 Å². The molecule has 0 aromatic heterocycles. The molecule has 1 aliphatic heterocycles. The lowest BCUT2D eigenvalue weighted by Crippen LogP contribution is -2.43. The van der Waals surface area contributed by atoms with Crippen molar-refractivity contribution in [2.75, 3.05) is 13.7 Å². The predicted molar refractivity (Wildman–Crippen MR) is 104 cm³/mol. The fraction of sp³-hybridized carbons (Fsp3) is 0.250. The van der Waals surface area contributed by atoms with E-state index in [0.29, 0.717) is 16.3 Å². The Morgan fingerprint density at radius 3 is 2.50 bits per heavy atom. The average molecular weight is 402 g/mol. The van der Waals surface area contributed by atoms with Gasteiger partial charge >= 0.3 is 6.03 Å². The summed E-state index contributed by atoms with van der Waals surface area (Å²) < 4.78 is 5.09. The van der Waals surface area contributed by atoms with E-state index in [1.165, 1.54) is 0 Å².